The maximum absolute atomic E-state index is 10.9. The molecule has 0 aromatic carbocycles. The van der Waals surface area contributed by atoms with Crippen molar-refractivity contribution in [2.75, 3.05) is 0 Å². The Morgan fingerprint density at radius 2 is 2.33 bits per heavy atom. The summed E-state index contributed by atoms with van der Waals surface area (Å²) in [5, 5.41) is 8.64. The molecule has 0 fully saturated rings. The first-order valence-corrected chi connectivity index (χ1v) is 3.74. The van der Waals surface area contributed by atoms with Gasteiger partial charge in [-0.05, 0) is 18.6 Å². The van der Waals surface area contributed by atoms with E-state index < -0.39 is 11.9 Å². The minimum atomic E-state index is -0.885. The van der Waals surface area contributed by atoms with Gasteiger partial charge in [0.15, 0.2) is 5.78 Å². The van der Waals surface area contributed by atoms with E-state index in [2.05, 4.69) is 0 Å². The maximum Gasteiger partial charge on any atom is 0.310 e. The van der Waals surface area contributed by atoms with Crippen molar-refractivity contribution in [2.45, 2.75) is 13.3 Å². The third-order valence-corrected chi connectivity index (χ3v) is 1.90. The second-order valence-electron chi connectivity index (χ2n) is 2.80. The smallest absolute Gasteiger partial charge is 0.310 e. The molecule has 3 heteroatoms. The molecule has 1 aliphatic carbocycles. The number of rotatable bonds is 2. The Morgan fingerprint density at radius 3 is 2.83 bits per heavy atom. The van der Waals surface area contributed by atoms with Gasteiger partial charge in [-0.15, -0.1) is 0 Å². The number of carboxylic acid groups (broad SMARTS) is 1. The first-order valence-electron chi connectivity index (χ1n) is 3.74. The quantitative estimate of drug-likeness (QED) is 0.669. The molecule has 1 atom stereocenters. The summed E-state index contributed by atoms with van der Waals surface area (Å²) in [7, 11) is 0. The summed E-state index contributed by atoms with van der Waals surface area (Å²) in [4.78, 5) is 21.4. The molecule has 0 heterocycles. The largest absolute Gasteiger partial charge is 0.481 e. The number of carbonyl (C=O) groups excluding carboxylic acids is 1. The fourth-order valence-corrected chi connectivity index (χ4v) is 1.05. The van der Waals surface area contributed by atoms with Gasteiger partial charge in [-0.2, -0.15) is 0 Å². The van der Waals surface area contributed by atoms with E-state index in [4.69, 9.17) is 5.11 Å². The van der Waals surface area contributed by atoms with Crippen LogP contribution in [0.3, 0.4) is 0 Å². The third kappa shape index (κ3) is 1.81. The Bertz CT molecular complexity index is 273. The molecule has 0 spiro atoms. The van der Waals surface area contributed by atoms with E-state index in [1.807, 2.05) is 0 Å². The zero-order valence-electron chi connectivity index (χ0n) is 6.78. The summed E-state index contributed by atoms with van der Waals surface area (Å²) in [5.74, 6) is -1.47. The molecule has 1 N–H and O–H groups in total. The van der Waals surface area contributed by atoms with Crippen LogP contribution in [0.1, 0.15) is 13.3 Å². The number of hydrogen-bond acceptors (Lipinski definition) is 2. The van der Waals surface area contributed by atoms with Crippen LogP contribution in [0.4, 0.5) is 0 Å². The highest BCUT2D eigenvalue weighted by Crippen LogP contribution is 2.18. The third-order valence-electron chi connectivity index (χ3n) is 1.90. The van der Waals surface area contributed by atoms with Gasteiger partial charge < -0.3 is 5.11 Å². The lowest BCUT2D eigenvalue weighted by Gasteiger charge is -2.11. The molecule has 1 unspecified atom stereocenters. The normalized spacial score (nSPS) is 18.8. The fourth-order valence-electron chi connectivity index (χ4n) is 1.05. The Labute approximate surface area is 70.4 Å². The molecule has 0 radical (unpaired) electrons. The maximum atomic E-state index is 10.9. The van der Waals surface area contributed by atoms with Crippen LogP contribution in [0.2, 0.25) is 0 Å². The average molecular weight is 166 g/mol. The highest BCUT2D eigenvalue weighted by atomic mass is 16.4. The van der Waals surface area contributed by atoms with E-state index in [1.165, 1.54) is 6.08 Å². The van der Waals surface area contributed by atoms with Crippen LogP contribution in [-0.4, -0.2) is 16.9 Å². The van der Waals surface area contributed by atoms with Gasteiger partial charge in [0.1, 0.15) is 0 Å². The Balaban J connectivity index is 2.76. The van der Waals surface area contributed by atoms with E-state index in [9.17, 15) is 9.59 Å². The molecule has 0 bridgehead atoms. The van der Waals surface area contributed by atoms with Crippen molar-refractivity contribution in [2.24, 2.45) is 5.92 Å². The summed E-state index contributed by atoms with van der Waals surface area (Å²) in [6.45, 7) is 1.58. The molecular formula is C9H10O3. The standard InChI is InChI=1S/C9H10O3/c1-6(9(11)12)7-3-2-4-8(10)5-7/h2-4,6H,5H2,1H3,(H,11,12). The zero-order valence-corrected chi connectivity index (χ0v) is 6.78. The number of aliphatic carboxylic acids is 1. The van der Waals surface area contributed by atoms with Crippen LogP contribution in [0.25, 0.3) is 0 Å². The van der Waals surface area contributed by atoms with Crippen LogP contribution in [0.5, 0.6) is 0 Å². The Kier molecular flexibility index (Phi) is 2.43. The summed E-state index contributed by atoms with van der Waals surface area (Å²) < 4.78 is 0. The lowest BCUT2D eigenvalue weighted by Crippen LogP contribution is -2.15. The lowest BCUT2D eigenvalue weighted by molar-refractivity contribution is -0.139. The van der Waals surface area contributed by atoms with Crippen molar-refractivity contribution in [3.63, 3.8) is 0 Å². The molecule has 0 amide bonds. The van der Waals surface area contributed by atoms with Crippen molar-refractivity contribution in [1.29, 1.82) is 0 Å². The highest BCUT2D eigenvalue weighted by Gasteiger charge is 2.19. The van der Waals surface area contributed by atoms with Gasteiger partial charge in [-0.1, -0.05) is 12.2 Å². The molecular weight excluding hydrogens is 156 g/mol. The van der Waals surface area contributed by atoms with Gasteiger partial charge >= 0.3 is 5.97 Å². The Morgan fingerprint density at radius 1 is 1.67 bits per heavy atom. The van der Waals surface area contributed by atoms with Crippen molar-refractivity contribution in [1.82, 2.24) is 0 Å². The number of hydrogen-bond donors (Lipinski definition) is 1. The predicted molar refractivity (Wildman–Crippen MR) is 43.6 cm³/mol. The van der Waals surface area contributed by atoms with E-state index in [0.29, 0.717) is 5.57 Å². The van der Waals surface area contributed by atoms with Crippen LogP contribution in [0, 0.1) is 5.92 Å². The zero-order chi connectivity index (χ0) is 9.14. The first-order chi connectivity index (χ1) is 5.61. The van der Waals surface area contributed by atoms with Gasteiger partial charge in [0.25, 0.3) is 0 Å². The number of carbonyl (C=O) groups is 2. The Hall–Kier alpha value is -1.38. The molecule has 0 aliphatic heterocycles. The summed E-state index contributed by atoms with van der Waals surface area (Å²) in [6.07, 6.45) is 4.99. The molecule has 3 nitrogen and oxygen atoms in total. The predicted octanol–water partition coefficient (Wildman–Crippen LogP) is 1.16. The monoisotopic (exact) mass is 166 g/mol. The van der Waals surface area contributed by atoms with E-state index in [-0.39, 0.29) is 12.2 Å². The van der Waals surface area contributed by atoms with Crippen molar-refractivity contribution in [3.05, 3.63) is 23.8 Å². The first kappa shape index (κ1) is 8.71. The van der Waals surface area contributed by atoms with Crippen LogP contribution >= 0.6 is 0 Å². The summed E-state index contributed by atoms with van der Waals surface area (Å²) in [5.41, 5.74) is 0.676. The minimum absolute atomic E-state index is 0.0272. The molecule has 0 aromatic rings. The molecule has 0 aromatic heterocycles. The molecule has 1 rings (SSSR count). The van der Waals surface area contributed by atoms with Crippen LogP contribution in [0.15, 0.2) is 23.8 Å². The van der Waals surface area contributed by atoms with E-state index in [0.717, 1.165) is 0 Å². The second kappa shape index (κ2) is 3.34. The van der Waals surface area contributed by atoms with Crippen molar-refractivity contribution < 1.29 is 14.7 Å². The van der Waals surface area contributed by atoms with Gasteiger partial charge in [-0.3, -0.25) is 9.59 Å². The average Bonchev–Trinajstić information content (AvgIpc) is 2.03. The van der Waals surface area contributed by atoms with E-state index in [1.54, 1.807) is 19.1 Å². The molecule has 0 saturated carbocycles. The summed E-state index contributed by atoms with van der Waals surface area (Å²) >= 11 is 0. The molecule has 64 valence electrons. The van der Waals surface area contributed by atoms with Crippen LogP contribution < -0.4 is 0 Å². The topological polar surface area (TPSA) is 54.4 Å². The lowest BCUT2D eigenvalue weighted by atomic mass is 9.93. The minimum Gasteiger partial charge on any atom is -0.481 e. The fraction of sp³-hybridized carbons (Fsp3) is 0.333. The summed E-state index contributed by atoms with van der Waals surface area (Å²) in [6, 6.07) is 0. The van der Waals surface area contributed by atoms with E-state index >= 15 is 0 Å². The number of ketones is 1. The van der Waals surface area contributed by atoms with Gasteiger partial charge in [-0.25, -0.2) is 0 Å². The van der Waals surface area contributed by atoms with Gasteiger partial charge in [0.05, 0.1) is 5.92 Å². The highest BCUT2D eigenvalue weighted by molar-refractivity contribution is 5.94. The second-order valence-corrected chi connectivity index (χ2v) is 2.80. The molecule has 0 saturated heterocycles. The van der Waals surface area contributed by atoms with Crippen molar-refractivity contribution in [3.8, 4) is 0 Å². The molecule has 1 aliphatic rings. The molecule has 12 heavy (non-hydrogen) atoms. The van der Waals surface area contributed by atoms with Gasteiger partial charge in [0, 0.05) is 6.42 Å². The van der Waals surface area contributed by atoms with Crippen LogP contribution in [-0.2, 0) is 9.59 Å². The number of carboxylic acids is 1. The SMILES string of the molecule is CC(C(=O)O)C1=CC=CC(=O)C1. The van der Waals surface area contributed by atoms with Crippen molar-refractivity contribution >= 4 is 11.8 Å². The van der Waals surface area contributed by atoms with Gasteiger partial charge in [0.2, 0.25) is 0 Å². The number of allylic oxidation sites excluding steroid dienone is 3.